The molecule has 0 aliphatic carbocycles. The first-order valence-corrected chi connectivity index (χ1v) is 6.59. The molecule has 1 aliphatic rings. The number of nitriles is 1. The molecule has 0 unspecified atom stereocenters. The van der Waals surface area contributed by atoms with Crippen LogP contribution in [0.5, 0.6) is 0 Å². The van der Waals surface area contributed by atoms with E-state index in [1.807, 2.05) is 22.7 Å². The van der Waals surface area contributed by atoms with Gasteiger partial charge in [-0.05, 0) is 24.3 Å². The van der Waals surface area contributed by atoms with Gasteiger partial charge < -0.3 is 10.2 Å². The summed E-state index contributed by atoms with van der Waals surface area (Å²) in [6, 6.07) is 8.87. The third-order valence-electron chi connectivity index (χ3n) is 2.56. The summed E-state index contributed by atoms with van der Waals surface area (Å²) in [5.74, 6) is 2.00. The maximum Gasteiger partial charge on any atom is 0.321 e. The van der Waals surface area contributed by atoms with Crippen LogP contribution in [0, 0.1) is 11.3 Å². The fourth-order valence-corrected chi connectivity index (χ4v) is 2.50. The topological polar surface area (TPSA) is 56.1 Å². The van der Waals surface area contributed by atoms with E-state index in [1.165, 1.54) is 0 Å². The first-order chi connectivity index (χ1) is 8.29. The van der Waals surface area contributed by atoms with Crippen LogP contribution in [0.1, 0.15) is 5.56 Å². The largest absolute Gasteiger partial charge is 0.323 e. The average molecular weight is 247 g/mol. The maximum absolute atomic E-state index is 11.9. The summed E-state index contributed by atoms with van der Waals surface area (Å²) in [6.07, 6.45) is 0. The highest BCUT2D eigenvalue weighted by Crippen LogP contribution is 2.13. The highest BCUT2D eigenvalue weighted by atomic mass is 32.2. The second-order valence-electron chi connectivity index (χ2n) is 3.72. The Morgan fingerprint density at radius 1 is 1.29 bits per heavy atom. The van der Waals surface area contributed by atoms with Crippen molar-refractivity contribution in [1.82, 2.24) is 4.90 Å². The van der Waals surface area contributed by atoms with Gasteiger partial charge in [-0.1, -0.05) is 0 Å². The zero-order valence-electron chi connectivity index (χ0n) is 9.35. The molecule has 0 atom stereocenters. The van der Waals surface area contributed by atoms with E-state index in [4.69, 9.17) is 5.26 Å². The van der Waals surface area contributed by atoms with E-state index in [-0.39, 0.29) is 6.03 Å². The molecule has 1 aliphatic heterocycles. The molecular weight excluding hydrogens is 234 g/mol. The Bertz CT molecular complexity index is 432. The Balaban J connectivity index is 1.95. The average Bonchev–Trinajstić information content (AvgIpc) is 2.40. The van der Waals surface area contributed by atoms with E-state index in [0.29, 0.717) is 5.56 Å². The second-order valence-corrected chi connectivity index (χ2v) is 4.94. The summed E-state index contributed by atoms with van der Waals surface area (Å²) in [4.78, 5) is 13.7. The zero-order valence-corrected chi connectivity index (χ0v) is 10.2. The van der Waals surface area contributed by atoms with E-state index in [2.05, 4.69) is 5.32 Å². The minimum atomic E-state index is -0.0602. The van der Waals surface area contributed by atoms with Gasteiger partial charge in [-0.15, -0.1) is 0 Å². The number of thioether (sulfide) groups is 1. The summed E-state index contributed by atoms with van der Waals surface area (Å²) in [6.45, 7) is 1.60. The number of hydrogen-bond donors (Lipinski definition) is 1. The summed E-state index contributed by atoms with van der Waals surface area (Å²) in [5.41, 5.74) is 1.32. The van der Waals surface area contributed by atoms with Crippen LogP contribution in [-0.4, -0.2) is 35.5 Å². The Morgan fingerprint density at radius 2 is 1.94 bits per heavy atom. The van der Waals surface area contributed by atoms with Gasteiger partial charge in [0.05, 0.1) is 11.6 Å². The lowest BCUT2D eigenvalue weighted by Gasteiger charge is -2.26. The summed E-state index contributed by atoms with van der Waals surface area (Å²) >= 11 is 1.87. The summed E-state index contributed by atoms with van der Waals surface area (Å²) in [7, 11) is 0. The quantitative estimate of drug-likeness (QED) is 0.827. The van der Waals surface area contributed by atoms with Crippen molar-refractivity contribution in [3.05, 3.63) is 29.8 Å². The molecule has 1 saturated heterocycles. The maximum atomic E-state index is 11.9. The predicted octanol–water partition coefficient (Wildman–Crippen LogP) is 2.14. The molecule has 1 aromatic rings. The van der Waals surface area contributed by atoms with E-state index >= 15 is 0 Å². The van der Waals surface area contributed by atoms with E-state index in [0.717, 1.165) is 30.3 Å². The third-order valence-corrected chi connectivity index (χ3v) is 3.51. The number of hydrogen-bond acceptors (Lipinski definition) is 3. The van der Waals surface area contributed by atoms with E-state index in [9.17, 15) is 4.79 Å². The smallest absolute Gasteiger partial charge is 0.321 e. The van der Waals surface area contributed by atoms with Crippen molar-refractivity contribution in [3.8, 4) is 6.07 Å². The van der Waals surface area contributed by atoms with Gasteiger partial charge >= 0.3 is 6.03 Å². The van der Waals surface area contributed by atoms with Crippen LogP contribution in [0.4, 0.5) is 10.5 Å². The molecule has 5 heteroatoms. The predicted molar refractivity (Wildman–Crippen MR) is 69.1 cm³/mol. The summed E-state index contributed by atoms with van der Waals surface area (Å²) in [5, 5.41) is 11.5. The zero-order chi connectivity index (χ0) is 12.1. The molecule has 0 saturated carbocycles. The van der Waals surface area contributed by atoms with Crippen LogP contribution in [0.2, 0.25) is 0 Å². The van der Waals surface area contributed by atoms with Crippen molar-refractivity contribution < 1.29 is 4.79 Å². The lowest BCUT2D eigenvalue weighted by Crippen LogP contribution is -2.40. The first kappa shape index (κ1) is 11.8. The molecule has 0 spiro atoms. The van der Waals surface area contributed by atoms with Gasteiger partial charge in [-0.25, -0.2) is 4.79 Å². The third kappa shape index (κ3) is 3.14. The highest BCUT2D eigenvalue weighted by Gasteiger charge is 2.16. The fraction of sp³-hybridized carbons (Fsp3) is 0.333. The van der Waals surface area contributed by atoms with Crippen molar-refractivity contribution >= 4 is 23.5 Å². The number of urea groups is 1. The van der Waals surface area contributed by atoms with E-state index < -0.39 is 0 Å². The minimum Gasteiger partial charge on any atom is -0.323 e. The number of amides is 2. The molecule has 1 fully saturated rings. The lowest BCUT2D eigenvalue weighted by atomic mass is 10.2. The molecule has 1 N–H and O–H groups in total. The van der Waals surface area contributed by atoms with Gasteiger partial charge in [0.2, 0.25) is 0 Å². The lowest BCUT2D eigenvalue weighted by molar-refractivity contribution is 0.217. The van der Waals surface area contributed by atoms with Crippen molar-refractivity contribution in [1.29, 1.82) is 5.26 Å². The minimum absolute atomic E-state index is 0.0602. The van der Waals surface area contributed by atoms with Crippen molar-refractivity contribution in [3.63, 3.8) is 0 Å². The molecule has 4 nitrogen and oxygen atoms in total. The molecule has 2 amide bonds. The van der Waals surface area contributed by atoms with Crippen LogP contribution in [-0.2, 0) is 0 Å². The van der Waals surface area contributed by atoms with Crippen LogP contribution in [0.25, 0.3) is 0 Å². The van der Waals surface area contributed by atoms with Crippen molar-refractivity contribution in [2.24, 2.45) is 0 Å². The Morgan fingerprint density at radius 3 is 2.53 bits per heavy atom. The normalized spacial score (nSPS) is 15.1. The highest BCUT2D eigenvalue weighted by molar-refractivity contribution is 7.99. The molecule has 1 aromatic carbocycles. The van der Waals surface area contributed by atoms with Gasteiger partial charge in [0, 0.05) is 30.3 Å². The van der Waals surface area contributed by atoms with Gasteiger partial charge in [-0.3, -0.25) is 0 Å². The Hall–Kier alpha value is -1.67. The number of rotatable bonds is 1. The molecule has 17 heavy (non-hydrogen) atoms. The van der Waals surface area contributed by atoms with Crippen LogP contribution in [0.3, 0.4) is 0 Å². The number of anilines is 1. The van der Waals surface area contributed by atoms with Crippen LogP contribution >= 0.6 is 11.8 Å². The molecule has 0 aromatic heterocycles. The van der Waals surface area contributed by atoms with Crippen LogP contribution < -0.4 is 5.32 Å². The number of carbonyl (C=O) groups excluding carboxylic acids is 1. The van der Waals surface area contributed by atoms with Gasteiger partial charge in [0.15, 0.2) is 0 Å². The number of nitrogens with one attached hydrogen (secondary N) is 1. The monoisotopic (exact) mass is 247 g/mol. The SMILES string of the molecule is N#Cc1ccc(NC(=O)N2CCSCC2)cc1. The molecule has 0 bridgehead atoms. The standard InChI is InChI=1S/C12H13N3OS/c13-9-10-1-3-11(4-2-10)14-12(16)15-5-7-17-8-6-15/h1-4H,5-8H2,(H,14,16). The van der Waals surface area contributed by atoms with Crippen molar-refractivity contribution in [2.75, 3.05) is 29.9 Å². The van der Waals surface area contributed by atoms with Crippen molar-refractivity contribution in [2.45, 2.75) is 0 Å². The molecule has 0 radical (unpaired) electrons. The van der Waals surface area contributed by atoms with E-state index in [1.54, 1.807) is 24.3 Å². The second kappa shape index (κ2) is 5.60. The molecule has 2 rings (SSSR count). The number of carbonyl (C=O) groups is 1. The van der Waals surface area contributed by atoms with Gasteiger partial charge in [0.1, 0.15) is 0 Å². The molecular formula is C12H13N3OS. The number of benzene rings is 1. The first-order valence-electron chi connectivity index (χ1n) is 5.43. The van der Waals surface area contributed by atoms with Gasteiger partial charge in [0.25, 0.3) is 0 Å². The number of nitrogens with zero attached hydrogens (tertiary/aromatic N) is 2. The fourth-order valence-electron chi connectivity index (χ4n) is 1.60. The molecule has 88 valence electrons. The van der Waals surface area contributed by atoms with Crippen LogP contribution in [0.15, 0.2) is 24.3 Å². The summed E-state index contributed by atoms with van der Waals surface area (Å²) < 4.78 is 0. The molecule has 1 heterocycles. The Labute approximate surface area is 105 Å². The van der Waals surface area contributed by atoms with Gasteiger partial charge in [-0.2, -0.15) is 17.0 Å². The Kier molecular flexibility index (Phi) is 3.89.